The van der Waals surface area contributed by atoms with E-state index in [1.54, 1.807) is 18.2 Å². The van der Waals surface area contributed by atoms with Gasteiger partial charge in [0.1, 0.15) is 5.82 Å². The highest BCUT2D eigenvalue weighted by molar-refractivity contribution is 5.55. The van der Waals surface area contributed by atoms with Gasteiger partial charge in [0.15, 0.2) is 0 Å². The van der Waals surface area contributed by atoms with E-state index < -0.39 is 0 Å². The third-order valence-corrected chi connectivity index (χ3v) is 2.42. The number of hydrogen-bond acceptors (Lipinski definition) is 1. The Balaban J connectivity index is 3.10. The zero-order valence-corrected chi connectivity index (χ0v) is 9.42. The van der Waals surface area contributed by atoms with Crippen LogP contribution in [0.15, 0.2) is 23.8 Å². The van der Waals surface area contributed by atoms with E-state index in [4.69, 9.17) is 5.11 Å². The van der Waals surface area contributed by atoms with Gasteiger partial charge in [-0.1, -0.05) is 31.6 Å². The molecule has 1 rings (SSSR count). The predicted octanol–water partition coefficient (Wildman–Crippen LogP) is 3.17. The van der Waals surface area contributed by atoms with Crippen LogP contribution >= 0.6 is 0 Å². The Kier molecular flexibility index (Phi) is 4.04. The molecule has 0 saturated carbocycles. The van der Waals surface area contributed by atoms with Crippen LogP contribution in [0, 0.1) is 18.7 Å². The molecule has 2 heteroatoms. The minimum Gasteiger partial charge on any atom is -0.392 e. The van der Waals surface area contributed by atoms with E-state index in [0.29, 0.717) is 5.56 Å². The summed E-state index contributed by atoms with van der Waals surface area (Å²) in [6.07, 6.45) is 1.73. The highest BCUT2D eigenvalue weighted by atomic mass is 19.1. The minimum absolute atomic E-state index is 0.0228. The van der Waals surface area contributed by atoms with Gasteiger partial charge >= 0.3 is 0 Å². The van der Waals surface area contributed by atoms with Gasteiger partial charge in [-0.05, 0) is 30.5 Å². The van der Waals surface area contributed by atoms with Crippen molar-refractivity contribution in [2.75, 3.05) is 6.61 Å². The van der Waals surface area contributed by atoms with E-state index in [1.807, 2.05) is 20.8 Å². The Hall–Kier alpha value is -1.15. The summed E-state index contributed by atoms with van der Waals surface area (Å²) >= 11 is 0. The molecule has 1 N–H and O–H groups in total. The van der Waals surface area contributed by atoms with E-state index in [1.165, 1.54) is 6.07 Å². The van der Waals surface area contributed by atoms with Crippen LogP contribution < -0.4 is 0 Å². The number of aliphatic hydroxyl groups excluding tert-OH is 1. The molecule has 0 radical (unpaired) electrons. The molecule has 82 valence electrons. The van der Waals surface area contributed by atoms with Crippen LogP contribution in [0.5, 0.6) is 0 Å². The van der Waals surface area contributed by atoms with Crippen molar-refractivity contribution in [3.8, 4) is 0 Å². The molecule has 0 atom stereocenters. The van der Waals surface area contributed by atoms with Crippen LogP contribution in [0.2, 0.25) is 0 Å². The average Bonchev–Trinajstić information content (AvgIpc) is 2.18. The van der Waals surface area contributed by atoms with Crippen molar-refractivity contribution in [3.63, 3.8) is 0 Å². The van der Waals surface area contributed by atoms with Crippen LogP contribution in [-0.2, 0) is 0 Å². The summed E-state index contributed by atoms with van der Waals surface area (Å²) < 4.78 is 13.4. The third-order valence-electron chi connectivity index (χ3n) is 2.42. The van der Waals surface area contributed by atoms with Crippen molar-refractivity contribution in [3.05, 3.63) is 40.7 Å². The molecule has 0 amide bonds. The van der Waals surface area contributed by atoms with Crippen LogP contribution in [0.3, 0.4) is 0 Å². The van der Waals surface area contributed by atoms with E-state index in [2.05, 4.69) is 0 Å². The first kappa shape index (κ1) is 11.9. The molecule has 0 aliphatic rings. The number of benzene rings is 1. The summed E-state index contributed by atoms with van der Waals surface area (Å²) in [6, 6.07) is 4.98. The van der Waals surface area contributed by atoms with Crippen LogP contribution in [0.4, 0.5) is 4.39 Å². The maximum atomic E-state index is 13.4. The number of aryl methyl sites for hydroxylation is 1. The standard InChI is InChI=1S/C13H17FO/c1-9(2)12(8-15)7-11-6-10(3)4-5-13(11)14/h4-7,9,15H,8H2,1-3H3/b12-7+. The number of hydrogen-bond donors (Lipinski definition) is 1. The molecule has 0 unspecified atom stereocenters. The number of rotatable bonds is 3. The van der Waals surface area contributed by atoms with Gasteiger partial charge < -0.3 is 5.11 Å². The van der Waals surface area contributed by atoms with E-state index in [-0.39, 0.29) is 18.3 Å². The van der Waals surface area contributed by atoms with Gasteiger partial charge in [0.25, 0.3) is 0 Å². The summed E-state index contributed by atoms with van der Waals surface area (Å²) in [5, 5.41) is 9.13. The molecule has 15 heavy (non-hydrogen) atoms. The van der Waals surface area contributed by atoms with Crippen LogP contribution in [-0.4, -0.2) is 11.7 Å². The normalized spacial score (nSPS) is 12.3. The van der Waals surface area contributed by atoms with Crippen molar-refractivity contribution >= 4 is 6.08 Å². The van der Waals surface area contributed by atoms with Crippen molar-refractivity contribution in [2.24, 2.45) is 5.92 Å². The summed E-state index contributed by atoms with van der Waals surface area (Å²) in [7, 11) is 0. The maximum Gasteiger partial charge on any atom is 0.130 e. The molecule has 0 fully saturated rings. The van der Waals surface area contributed by atoms with E-state index in [0.717, 1.165) is 11.1 Å². The zero-order valence-electron chi connectivity index (χ0n) is 9.42. The molecule has 1 nitrogen and oxygen atoms in total. The van der Waals surface area contributed by atoms with Crippen LogP contribution in [0.25, 0.3) is 6.08 Å². The molecule has 0 saturated heterocycles. The van der Waals surface area contributed by atoms with Crippen molar-refractivity contribution in [1.82, 2.24) is 0 Å². The van der Waals surface area contributed by atoms with Gasteiger partial charge in [-0.25, -0.2) is 4.39 Å². The summed E-state index contributed by atoms with van der Waals surface area (Å²) in [5.41, 5.74) is 2.41. The Morgan fingerprint density at radius 1 is 1.47 bits per heavy atom. The van der Waals surface area contributed by atoms with E-state index in [9.17, 15) is 4.39 Å². The lowest BCUT2D eigenvalue weighted by Crippen LogP contribution is -1.99. The van der Waals surface area contributed by atoms with Crippen molar-refractivity contribution < 1.29 is 9.50 Å². The molecule has 1 aromatic carbocycles. The first-order valence-electron chi connectivity index (χ1n) is 5.12. The zero-order chi connectivity index (χ0) is 11.4. The second-order valence-corrected chi connectivity index (χ2v) is 4.06. The Morgan fingerprint density at radius 3 is 2.67 bits per heavy atom. The summed E-state index contributed by atoms with van der Waals surface area (Å²) in [5.74, 6) is -0.0119. The van der Waals surface area contributed by atoms with Gasteiger partial charge in [0, 0.05) is 5.56 Å². The highest BCUT2D eigenvalue weighted by Crippen LogP contribution is 2.17. The van der Waals surface area contributed by atoms with Gasteiger partial charge in [0.05, 0.1) is 6.61 Å². The quantitative estimate of drug-likeness (QED) is 0.809. The minimum atomic E-state index is -0.243. The lowest BCUT2D eigenvalue weighted by Gasteiger charge is -2.08. The van der Waals surface area contributed by atoms with E-state index >= 15 is 0 Å². The SMILES string of the molecule is Cc1ccc(F)c(/C=C(\CO)C(C)C)c1. The fourth-order valence-corrected chi connectivity index (χ4v) is 1.37. The first-order valence-corrected chi connectivity index (χ1v) is 5.12. The number of halogens is 1. The molecule has 0 heterocycles. The fraction of sp³-hybridized carbons (Fsp3) is 0.385. The van der Waals surface area contributed by atoms with Gasteiger partial charge in [-0.15, -0.1) is 0 Å². The molecule has 0 spiro atoms. The molecular weight excluding hydrogens is 191 g/mol. The topological polar surface area (TPSA) is 20.2 Å². The summed E-state index contributed by atoms with van der Waals surface area (Å²) in [6.45, 7) is 5.86. The summed E-state index contributed by atoms with van der Waals surface area (Å²) in [4.78, 5) is 0. The third kappa shape index (κ3) is 3.17. The van der Waals surface area contributed by atoms with Crippen LogP contribution in [0.1, 0.15) is 25.0 Å². The Labute approximate surface area is 90.3 Å². The predicted molar refractivity (Wildman–Crippen MR) is 61.0 cm³/mol. The molecule has 0 aromatic heterocycles. The largest absolute Gasteiger partial charge is 0.392 e. The second kappa shape index (κ2) is 5.08. The Morgan fingerprint density at radius 2 is 2.13 bits per heavy atom. The van der Waals surface area contributed by atoms with Gasteiger partial charge in [-0.3, -0.25) is 0 Å². The molecule has 1 aromatic rings. The lowest BCUT2D eigenvalue weighted by atomic mass is 10.00. The lowest BCUT2D eigenvalue weighted by molar-refractivity contribution is 0.320. The van der Waals surface area contributed by atoms with Crippen molar-refractivity contribution in [1.29, 1.82) is 0 Å². The number of aliphatic hydroxyl groups is 1. The van der Waals surface area contributed by atoms with Gasteiger partial charge in [0.2, 0.25) is 0 Å². The molecular formula is C13H17FO. The average molecular weight is 208 g/mol. The maximum absolute atomic E-state index is 13.4. The molecule has 0 aliphatic heterocycles. The molecule has 0 aliphatic carbocycles. The second-order valence-electron chi connectivity index (χ2n) is 4.06. The smallest absolute Gasteiger partial charge is 0.130 e. The first-order chi connectivity index (χ1) is 7.04. The van der Waals surface area contributed by atoms with Crippen molar-refractivity contribution in [2.45, 2.75) is 20.8 Å². The monoisotopic (exact) mass is 208 g/mol. The van der Waals surface area contributed by atoms with Gasteiger partial charge in [-0.2, -0.15) is 0 Å². The highest BCUT2D eigenvalue weighted by Gasteiger charge is 2.04. The fourth-order valence-electron chi connectivity index (χ4n) is 1.37. The Bertz CT molecular complexity index is 367. The molecule has 0 bridgehead atoms.